The zero-order chi connectivity index (χ0) is 18.8. The third-order valence-corrected chi connectivity index (χ3v) is 5.41. The van der Waals surface area contributed by atoms with E-state index in [1.54, 1.807) is 24.3 Å². The fourth-order valence-corrected chi connectivity index (χ4v) is 4.02. The number of aromatic amines is 1. The summed E-state index contributed by atoms with van der Waals surface area (Å²) in [5.74, 6) is 0.0359. The number of H-pyrrole nitrogens is 1. The number of hydrogen-bond acceptors (Lipinski definition) is 3. The van der Waals surface area contributed by atoms with Crippen LogP contribution in [0.4, 0.5) is 0 Å². The number of halogens is 2. The van der Waals surface area contributed by atoms with Crippen LogP contribution < -0.4 is 4.74 Å². The molecule has 1 aliphatic rings. The van der Waals surface area contributed by atoms with E-state index in [9.17, 15) is 4.79 Å². The molecular formula is C21H19Cl2NO3. The van der Waals surface area contributed by atoms with Crippen molar-refractivity contribution in [2.75, 3.05) is 13.2 Å². The third-order valence-electron chi connectivity index (χ3n) is 4.82. The number of rotatable bonds is 5. The summed E-state index contributed by atoms with van der Waals surface area (Å²) in [4.78, 5) is 15.8. The number of benzene rings is 2. The first-order chi connectivity index (χ1) is 13.1. The molecule has 0 radical (unpaired) electrons. The molecule has 27 heavy (non-hydrogen) atoms. The van der Waals surface area contributed by atoms with Crippen LogP contribution in [0.15, 0.2) is 36.4 Å². The number of aromatic nitrogens is 1. The molecule has 0 spiro atoms. The monoisotopic (exact) mass is 403 g/mol. The highest BCUT2D eigenvalue weighted by Gasteiger charge is 2.17. The van der Waals surface area contributed by atoms with Gasteiger partial charge in [0.1, 0.15) is 13.2 Å². The minimum atomic E-state index is -0.364. The quantitative estimate of drug-likeness (QED) is 0.446. The second kappa shape index (κ2) is 7.83. The van der Waals surface area contributed by atoms with E-state index in [-0.39, 0.29) is 19.2 Å². The van der Waals surface area contributed by atoms with E-state index < -0.39 is 0 Å². The van der Waals surface area contributed by atoms with Gasteiger partial charge in [-0.25, -0.2) is 4.79 Å². The highest BCUT2D eigenvalue weighted by atomic mass is 35.5. The van der Waals surface area contributed by atoms with Crippen molar-refractivity contribution in [3.05, 3.63) is 63.3 Å². The standard InChI is InChI=1S/C21H19Cl2NO3/c22-16-5-3-6-17(23)20(16)26-10-11-27-21(25)13-8-9-19-15(12-13)14-4-1-2-7-18(14)24-19/h3,5-6,8-9,12,24H,1-2,4,7,10-11H2. The first-order valence-electron chi connectivity index (χ1n) is 9.01. The molecule has 140 valence electrons. The summed E-state index contributed by atoms with van der Waals surface area (Å²) in [7, 11) is 0. The van der Waals surface area contributed by atoms with E-state index in [0.717, 1.165) is 23.7 Å². The van der Waals surface area contributed by atoms with E-state index in [1.807, 2.05) is 12.1 Å². The maximum atomic E-state index is 12.4. The largest absolute Gasteiger partial charge is 0.487 e. The number of carbonyl (C=O) groups is 1. The highest BCUT2D eigenvalue weighted by molar-refractivity contribution is 6.37. The Balaban J connectivity index is 1.40. The molecule has 0 atom stereocenters. The molecule has 0 unspecified atom stereocenters. The fraction of sp³-hybridized carbons (Fsp3) is 0.286. The molecule has 6 heteroatoms. The molecule has 0 saturated heterocycles. The number of ether oxygens (including phenoxy) is 2. The lowest BCUT2D eigenvalue weighted by molar-refractivity contribution is 0.0451. The molecule has 1 heterocycles. The Morgan fingerprint density at radius 2 is 1.81 bits per heavy atom. The van der Waals surface area contributed by atoms with Crippen LogP contribution in [0.5, 0.6) is 5.75 Å². The summed E-state index contributed by atoms with van der Waals surface area (Å²) in [6, 6.07) is 10.8. The number of hydrogen-bond donors (Lipinski definition) is 1. The lowest BCUT2D eigenvalue weighted by Gasteiger charge is -2.11. The summed E-state index contributed by atoms with van der Waals surface area (Å²) < 4.78 is 10.9. The molecule has 1 aromatic heterocycles. The van der Waals surface area contributed by atoms with Crippen LogP contribution in [0.1, 0.15) is 34.5 Å². The molecule has 4 nitrogen and oxygen atoms in total. The topological polar surface area (TPSA) is 51.3 Å². The number of carbonyl (C=O) groups excluding carboxylic acids is 1. The fourth-order valence-electron chi connectivity index (χ4n) is 3.51. The molecule has 0 fully saturated rings. The molecule has 0 aliphatic heterocycles. The highest BCUT2D eigenvalue weighted by Crippen LogP contribution is 2.32. The van der Waals surface area contributed by atoms with Crippen molar-refractivity contribution in [1.82, 2.24) is 4.98 Å². The van der Waals surface area contributed by atoms with Crippen molar-refractivity contribution >= 4 is 40.1 Å². The van der Waals surface area contributed by atoms with Gasteiger partial charge in [0.25, 0.3) is 0 Å². The van der Waals surface area contributed by atoms with Crippen LogP contribution in [0.25, 0.3) is 10.9 Å². The van der Waals surface area contributed by atoms with Gasteiger partial charge in [0.2, 0.25) is 0 Å². The maximum Gasteiger partial charge on any atom is 0.338 e. The molecule has 0 amide bonds. The first kappa shape index (κ1) is 18.2. The summed E-state index contributed by atoms with van der Waals surface area (Å²) in [5.41, 5.74) is 4.26. The van der Waals surface area contributed by atoms with Crippen LogP contribution in [0.3, 0.4) is 0 Å². The van der Waals surface area contributed by atoms with Crippen LogP contribution in [-0.2, 0) is 17.6 Å². The van der Waals surface area contributed by atoms with Gasteiger partial charge < -0.3 is 14.5 Å². The van der Waals surface area contributed by atoms with Gasteiger partial charge in [-0.15, -0.1) is 0 Å². The Morgan fingerprint density at radius 3 is 2.63 bits per heavy atom. The van der Waals surface area contributed by atoms with Crippen molar-refractivity contribution in [1.29, 1.82) is 0 Å². The van der Waals surface area contributed by atoms with Crippen LogP contribution in [0.2, 0.25) is 10.0 Å². The van der Waals surface area contributed by atoms with Crippen molar-refractivity contribution in [2.45, 2.75) is 25.7 Å². The van der Waals surface area contributed by atoms with Crippen molar-refractivity contribution in [2.24, 2.45) is 0 Å². The van der Waals surface area contributed by atoms with Gasteiger partial charge in [0, 0.05) is 16.6 Å². The second-order valence-electron chi connectivity index (χ2n) is 6.58. The average Bonchev–Trinajstić information content (AvgIpc) is 3.04. The Labute approximate surface area is 167 Å². The number of nitrogens with one attached hydrogen (secondary N) is 1. The van der Waals surface area contributed by atoms with Gasteiger partial charge in [0.15, 0.2) is 5.75 Å². The first-order valence-corrected chi connectivity index (χ1v) is 9.76. The molecule has 4 rings (SSSR count). The van der Waals surface area contributed by atoms with Crippen LogP contribution in [-0.4, -0.2) is 24.2 Å². The van der Waals surface area contributed by atoms with E-state index in [1.165, 1.54) is 24.1 Å². The summed E-state index contributed by atoms with van der Waals surface area (Å²) in [6.07, 6.45) is 4.53. The average molecular weight is 404 g/mol. The Bertz CT molecular complexity index is 976. The predicted molar refractivity (Wildman–Crippen MR) is 107 cm³/mol. The Hall–Kier alpha value is -2.17. The molecule has 2 aromatic carbocycles. The van der Waals surface area contributed by atoms with Gasteiger partial charge in [-0.2, -0.15) is 0 Å². The lowest BCUT2D eigenvalue weighted by atomic mass is 9.95. The number of para-hydroxylation sites is 1. The van der Waals surface area contributed by atoms with Gasteiger partial charge in [0.05, 0.1) is 15.6 Å². The smallest absolute Gasteiger partial charge is 0.338 e. The lowest BCUT2D eigenvalue weighted by Crippen LogP contribution is -2.12. The summed E-state index contributed by atoms with van der Waals surface area (Å²) in [6.45, 7) is 0.292. The SMILES string of the molecule is O=C(OCCOc1c(Cl)cccc1Cl)c1ccc2[nH]c3c(c2c1)CCCC3. The second-order valence-corrected chi connectivity index (χ2v) is 7.40. The Kier molecular flexibility index (Phi) is 5.28. The van der Waals surface area contributed by atoms with E-state index >= 15 is 0 Å². The van der Waals surface area contributed by atoms with Crippen molar-refractivity contribution in [3.63, 3.8) is 0 Å². The number of esters is 1. The van der Waals surface area contributed by atoms with Crippen LogP contribution in [0, 0.1) is 0 Å². The van der Waals surface area contributed by atoms with Crippen LogP contribution >= 0.6 is 23.2 Å². The Morgan fingerprint density at radius 1 is 1.04 bits per heavy atom. The zero-order valence-corrected chi connectivity index (χ0v) is 16.2. The predicted octanol–water partition coefficient (Wildman–Crippen LogP) is 5.59. The summed E-state index contributed by atoms with van der Waals surface area (Å²) >= 11 is 12.1. The van der Waals surface area contributed by atoms with Crippen molar-refractivity contribution < 1.29 is 14.3 Å². The number of aryl methyl sites for hydroxylation is 2. The molecule has 0 saturated carbocycles. The van der Waals surface area contributed by atoms with Gasteiger partial charge in [-0.3, -0.25) is 0 Å². The maximum absolute atomic E-state index is 12.4. The molecule has 0 bridgehead atoms. The third kappa shape index (κ3) is 3.78. The number of fused-ring (bicyclic) bond motifs is 3. The summed E-state index contributed by atoms with van der Waals surface area (Å²) in [5, 5.41) is 1.98. The van der Waals surface area contributed by atoms with Crippen molar-refractivity contribution in [3.8, 4) is 5.75 Å². The minimum absolute atomic E-state index is 0.115. The molecule has 1 aliphatic carbocycles. The minimum Gasteiger partial charge on any atom is -0.487 e. The normalized spacial score (nSPS) is 13.4. The van der Waals surface area contributed by atoms with E-state index in [0.29, 0.717) is 21.4 Å². The van der Waals surface area contributed by atoms with Gasteiger partial charge in [-0.05, 0) is 61.6 Å². The van der Waals surface area contributed by atoms with E-state index in [2.05, 4.69) is 4.98 Å². The van der Waals surface area contributed by atoms with E-state index in [4.69, 9.17) is 32.7 Å². The van der Waals surface area contributed by atoms with Gasteiger partial charge >= 0.3 is 5.97 Å². The van der Waals surface area contributed by atoms with Gasteiger partial charge in [-0.1, -0.05) is 29.3 Å². The zero-order valence-electron chi connectivity index (χ0n) is 14.7. The molecular weight excluding hydrogens is 385 g/mol. The molecule has 3 aromatic rings. The molecule has 1 N–H and O–H groups in total.